The number of rotatable bonds is 2. The fraction of sp³-hybridized carbons (Fsp3) is 0.222. The molecule has 5 heteroatoms. The number of nitrogens with two attached hydrogens (primary N) is 1. The second kappa shape index (κ2) is 3.34. The van der Waals surface area contributed by atoms with Crippen LogP contribution in [0.1, 0.15) is 12.1 Å². The van der Waals surface area contributed by atoms with Crippen LogP contribution < -0.4 is 5.73 Å². The van der Waals surface area contributed by atoms with Gasteiger partial charge in [-0.15, -0.1) is 0 Å². The van der Waals surface area contributed by atoms with Crippen molar-refractivity contribution in [3.05, 3.63) is 30.1 Å². The van der Waals surface area contributed by atoms with Crippen LogP contribution in [0.25, 0.3) is 11.0 Å². The SMILES string of the molecule is NCc1cn(C(F)F)c2ncccc12. The number of aromatic nitrogens is 2. The van der Waals surface area contributed by atoms with Gasteiger partial charge in [0.25, 0.3) is 0 Å². The third kappa shape index (κ3) is 1.26. The predicted molar refractivity (Wildman–Crippen MR) is 48.9 cm³/mol. The molecule has 0 saturated heterocycles. The molecule has 14 heavy (non-hydrogen) atoms. The molecule has 0 spiro atoms. The first-order valence-corrected chi connectivity index (χ1v) is 4.16. The van der Waals surface area contributed by atoms with Crippen LogP contribution in [-0.4, -0.2) is 9.55 Å². The second-order valence-electron chi connectivity index (χ2n) is 2.92. The molecule has 0 aromatic carbocycles. The summed E-state index contributed by atoms with van der Waals surface area (Å²) in [5, 5.41) is 0.690. The Balaban J connectivity index is 2.73. The summed E-state index contributed by atoms with van der Waals surface area (Å²) in [6, 6.07) is 3.45. The first-order chi connectivity index (χ1) is 6.74. The van der Waals surface area contributed by atoms with Gasteiger partial charge in [0, 0.05) is 24.3 Å². The lowest BCUT2D eigenvalue weighted by molar-refractivity contribution is 0.0745. The van der Waals surface area contributed by atoms with Crippen molar-refractivity contribution in [1.29, 1.82) is 0 Å². The van der Waals surface area contributed by atoms with Crippen molar-refractivity contribution in [3.8, 4) is 0 Å². The predicted octanol–water partition coefficient (Wildman–Crippen LogP) is 1.89. The van der Waals surface area contributed by atoms with Gasteiger partial charge >= 0.3 is 6.55 Å². The lowest BCUT2D eigenvalue weighted by Gasteiger charge is -2.00. The van der Waals surface area contributed by atoms with Gasteiger partial charge in [0.1, 0.15) is 5.65 Å². The Hall–Kier alpha value is -1.49. The van der Waals surface area contributed by atoms with Gasteiger partial charge in [0.2, 0.25) is 0 Å². The van der Waals surface area contributed by atoms with Gasteiger partial charge in [0.05, 0.1) is 0 Å². The lowest BCUT2D eigenvalue weighted by Crippen LogP contribution is -1.97. The maximum atomic E-state index is 12.5. The van der Waals surface area contributed by atoms with E-state index in [2.05, 4.69) is 4.98 Å². The monoisotopic (exact) mass is 197 g/mol. The van der Waals surface area contributed by atoms with Crippen LogP contribution in [-0.2, 0) is 6.54 Å². The highest BCUT2D eigenvalue weighted by molar-refractivity contribution is 5.80. The van der Waals surface area contributed by atoms with Crippen LogP contribution in [0.3, 0.4) is 0 Å². The Morgan fingerprint density at radius 1 is 1.50 bits per heavy atom. The van der Waals surface area contributed by atoms with Crippen LogP contribution in [0.5, 0.6) is 0 Å². The summed E-state index contributed by atoms with van der Waals surface area (Å²) in [5.74, 6) is 0. The number of nitrogens with zero attached hydrogens (tertiary/aromatic N) is 2. The molecule has 0 amide bonds. The van der Waals surface area contributed by atoms with Crippen LogP contribution in [0.15, 0.2) is 24.5 Å². The van der Waals surface area contributed by atoms with E-state index < -0.39 is 6.55 Å². The lowest BCUT2D eigenvalue weighted by atomic mass is 10.2. The van der Waals surface area contributed by atoms with Crippen LogP contribution in [0.4, 0.5) is 8.78 Å². The topological polar surface area (TPSA) is 43.8 Å². The minimum absolute atomic E-state index is 0.238. The van der Waals surface area contributed by atoms with E-state index in [0.717, 1.165) is 4.57 Å². The maximum absolute atomic E-state index is 12.5. The highest BCUT2D eigenvalue weighted by atomic mass is 19.3. The molecule has 2 aromatic heterocycles. The van der Waals surface area contributed by atoms with E-state index in [1.54, 1.807) is 12.1 Å². The van der Waals surface area contributed by atoms with Crippen LogP contribution in [0.2, 0.25) is 0 Å². The molecule has 0 aliphatic rings. The number of pyridine rings is 1. The van der Waals surface area contributed by atoms with E-state index in [1.165, 1.54) is 12.4 Å². The van der Waals surface area contributed by atoms with Crippen molar-refractivity contribution >= 4 is 11.0 Å². The Morgan fingerprint density at radius 3 is 2.93 bits per heavy atom. The maximum Gasteiger partial charge on any atom is 0.320 e. The molecule has 2 aromatic rings. The summed E-state index contributed by atoms with van der Waals surface area (Å²) in [6.45, 7) is -2.34. The van der Waals surface area contributed by atoms with E-state index >= 15 is 0 Å². The van der Waals surface area contributed by atoms with E-state index in [0.29, 0.717) is 10.9 Å². The van der Waals surface area contributed by atoms with Crippen molar-refractivity contribution in [2.45, 2.75) is 13.1 Å². The smallest absolute Gasteiger partial charge is 0.320 e. The highest BCUT2D eigenvalue weighted by Crippen LogP contribution is 2.23. The number of hydrogen-bond donors (Lipinski definition) is 1. The van der Waals surface area contributed by atoms with E-state index in [4.69, 9.17) is 5.73 Å². The Labute approximate surface area is 79.2 Å². The Morgan fingerprint density at radius 2 is 2.29 bits per heavy atom. The average molecular weight is 197 g/mol. The van der Waals surface area contributed by atoms with Crippen molar-refractivity contribution in [3.63, 3.8) is 0 Å². The minimum Gasteiger partial charge on any atom is -0.326 e. The fourth-order valence-electron chi connectivity index (χ4n) is 1.46. The number of alkyl halides is 2. The van der Waals surface area contributed by atoms with Crippen molar-refractivity contribution < 1.29 is 8.78 Å². The molecular formula is C9H9F2N3. The molecule has 2 N–H and O–H groups in total. The molecule has 3 nitrogen and oxygen atoms in total. The molecule has 2 heterocycles. The minimum atomic E-state index is -2.58. The zero-order valence-corrected chi connectivity index (χ0v) is 7.32. The molecule has 0 radical (unpaired) electrons. The number of halogens is 2. The first kappa shape index (κ1) is 9.08. The third-order valence-corrected chi connectivity index (χ3v) is 2.10. The van der Waals surface area contributed by atoms with E-state index in [9.17, 15) is 8.78 Å². The third-order valence-electron chi connectivity index (χ3n) is 2.10. The van der Waals surface area contributed by atoms with Gasteiger partial charge in [-0.05, 0) is 17.7 Å². The molecule has 0 unspecified atom stereocenters. The highest BCUT2D eigenvalue weighted by Gasteiger charge is 2.13. The van der Waals surface area contributed by atoms with Crippen molar-refractivity contribution in [1.82, 2.24) is 9.55 Å². The van der Waals surface area contributed by atoms with Gasteiger partial charge in [0.15, 0.2) is 0 Å². The average Bonchev–Trinajstić information content (AvgIpc) is 2.56. The van der Waals surface area contributed by atoms with Crippen LogP contribution in [0, 0.1) is 0 Å². The number of hydrogen-bond acceptors (Lipinski definition) is 2. The van der Waals surface area contributed by atoms with Gasteiger partial charge in [-0.3, -0.25) is 4.57 Å². The molecule has 0 saturated carbocycles. The quantitative estimate of drug-likeness (QED) is 0.798. The zero-order chi connectivity index (χ0) is 10.1. The summed E-state index contributed by atoms with van der Waals surface area (Å²) in [5.41, 5.74) is 6.41. The van der Waals surface area contributed by atoms with E-state index in [1.807, 2.05) is 0 Å². The standard InChI is InChI=1S/C9H9F2N3/c10-9(11)14-5-6(4-12)7-2-1-3-13-8(7)14/h1-3,5,9H,4,12H2. The summed E-state index contributed by atoms with van der Waals surface area (Å²) >= 11 is 0. The number of fused-ring (bicyclic) bond motifs is 1. The van der Waals surface area contributed by atoms with Crippen molar-refractivity contribution in [2.24, 2.45) is 5.73 Å². The van der Waals surface area contributed by atoms with Gasteiger partial charge < -0.3 is 5.73 Å². The van der Waals surface area contributed by atoms with E-state index in [-0.39, 0.29) is 12.2 Å². The zero-order valence-electron chi connectivity index (χ0n) is 7.32. The van der Waals surface area contributed by atoms with Crippen molar-refractivity contribution in [2.75, 3.05) is 0 Å². The molecule has 0 bridgehead atoms. The van der Waals surface area contributed by atoms with Gasteiger partial charge in [-0.25, -0.2) is 4.98 Å². The fourth-order valence-corrected chi connectivity index (χ4v) is 1.46. The summed E-state index contributed by atoms with van der Waals surface area (Å²) in [7, 11) is 0. The molecule has 0 aliphatic carbocycles. The molecule has 0 aliphatic heterocycles. The van der Waals surface area contributed by atoms with Gasteiger partial charge in [-0.1, -0.05) is 0 Å². The molecule has 74 valence electrons. The van der Waals surface area contributed by atoms with Crippen LogP contribution >= 0.6 is 0 Å². The largest absolute Gasteiger partial charge is 0.326 e. The molecule has 2 rings (SSSR count). The second-order valence-corrected chi connectivity index (χ2v) is 2.92. The molecular weight excluding hydrogens is 188 g/mol. The molecule has 0 atom stereocenters. The summed E-state index contributed by atoms with van der Waals surface area (Å²) in [4.78, 5) is 3.90. The Bertz CT molecular complexity index is 450. The van der Waals surface area contributed by atoms with Gasteiger partial charge in [-0.2, -0.15) is 8.78 Å². The summed E-state index contributed by atoms with van der Waals surface area (Å²) < 4.78 is 25.9. The Kier molecular flexibility index (Phi) is 2.17. The first-order valence-electron chi connectivity index (χ1n) is 4.16. The normalized spacial score (nSPS) is 11.4. The summed E-state index contributed by atoms with van der Waals surface area (Å²) in [6.07, 6.45) is 2.84. The molecule has 0 fully saturated rings.